The number of rotatable bonds is 5. The van der Waals surface area contributed by atoms with Gasteiger partial charge >= 0.3 is 0 Å². The predicted octanol–water partition coefficient (Wildman–Crippen LogP) is 3.03. The maximum absolute atomic E-state index is 6.04. The van der Waals surface area contributed by atoms with E-state index in [1.165, 1.54) is 0 Å². The molecule has 0 aliphatic heterocycles. The Balaban J connectivity index is 3.22. The van der Waals surface area contributed by atoms with E-state index in [4.69, 9.17) is 22.1 Å². The number of nitrogen functional groups attached to an aromatic ring is 1. The smallest absolute Gasteiger partial charge is 0.128 e. The van der Waals surface area contributed by atoms with Gasteiger partial charge in [-0.05, 0) is 18.0 Å². The molecule has 0 fully saturated rings. The van der Waals surface area contributed by atoms with Gasteiger partial charge < -0.3 is 15.8 Å². The zero-order chi connectivity index (χ0) is 14.6. The second kappa shape index (κ2) is 6.55. The summed E-state index contributed by atoms with van der Waals surface area (Å²) in [6.07, 6.45) is 1.53. The minimum Gasteiger partial charge on any atom is -0.383 e. The van der Waals surface area contributed by atoms with E-state index >= 15 is 0 Å². The molecule has 0 saturated heterocycles. The number of nitrogens with one attached hydrogen (secondary N) is 1. The monoisotopic (exact) mass is 285 g/mol. The molecule has 2 atom stereocenters. The van der Waals surface area contributed by atoms with Crippen molar-refractivity contribution in [3.63, 3.8) is 0 Å². The molecule has 0 bridgehead atoms. The van der Waals surface area contributed by atoms with Crippen molar-refractivity contribution in [2.75, 3.05) is 19.4 Å². The van der Waals surface area contributed by atoms with E-state index in [9.17, 15) is 0 Å². The van der Waals surface area contributed by atoms with E-state index in [2.05, 4.69) is 38.0 Å². The highest BCUT2D eigenvalue weighted by Gasteiger charge is 2.34. The zero-order valence-electron chi connectivity index (χ0n) is 12.3. The fourth-order valence-electron chi connectivity index (χ4n) is 2.30. The quantitative estimate of drug-likeness (QED) is 0.873. The van der Waals surface area contributed by atoms with E-state index in [1.54, 1.807) is 13.3 Å². The first-order valence-corrected chi connectivity index (χ1v) is 6.86. The lowest BCUT2D eigenvalue weighted by Crippen LogP contribution is -2.41. The third kappa shape index (κ3) is 4.06. The molecule has 2 unspecified atom stereocenters. The summed E-state index contributed by atoms with van der Waals surface area (Å²) in [4.78, 5) is 4.13. The molecule has 0 saturated carbocycles. The Morgan fingerprint density at radius 1 is 1.47 bits per heavy atom. The largest absolute Gasteiger partial charge is 0.383 e. The molecule has 1 aromatic rings. The number of halogens is 1. The van der Waals surface area contributed by atoms with E-state index in [0.717, 1.165) is 12.1 Å². The van der Waals surface area contributed by atoms with Crippen LogP contribution in [0.15, 0.2) is 12.3 Å². The summed E-state index contributed by atoms with van der Waals surface area (Å²) in [6.45, 7) is 9.28. The maximum atomic E-state index is 6.04. The van der Waals surface area contributed by atoms with Gasteiger partial charge in [0.2, 0.25) is 0 Å². The van der Waals surface area contributed by atoms with Crippen molar-refractivity contribution in [2.45, 2.75) is 39.8 Å². The minimum atomic E-state index is -0.0406. The molecular weight excluding hydrogens is 262 g/mol. The van der Waals surface area contributed by atoms with Crippen LogP contribution in [0.25, 0.3) is 0 Å². The number of pyridine rings is 1. The molecule has 0 aliphatic carbocycles. The fraction of sp³-hybridized carbons (Fsp3) is 0.643. The lowest BCUT2D eigenvalue weighted by molar-refractivity contribution is -0.0114. The number of hydrogen-bond donors (Lipinski definition) is 2. The molecule has 0 radical (unpaired) electrons. The third-order valence-electron chi connectivity index (χ3n) is 3.09. The Kier molecular flexibility index (Phi) is 5.59. The molecule has 3 N–H and O–H groups in total. The first-order chi connectivity index (χ1) is 8.81. The maximum Gasteiger partial charge on any atom is 0.128 e. The standard InChI is InChI=1S/C14H24ClN3O/c1-6-17-11(12(19-5)14(2,3)4)10-7-9(15)8-18-13(10)16/h7-8,11-12,17H,6H2,1-5H3,(H2,16,18). The third-order valence-corrected chi connectivity index (χ3v) is 3.29. The Bertz CT molecular complexity index is 418. The minimum absolute atomic E-state index is 0.0314. The lowest BCUT2D eigenvalue weighted by Gasteiger charge is -2.37. The SMILES string of the molecule is CCNC(c1cc(Cl)cnc1N)C(OC)C(C)(C)C. The average molecular weight is 286 g/mol. The Morgan fingerprint density at radius 2 is 2.11 bits per heavy atom. The van der Waals surface area contributed by atoms with Crippen molar-refractivity contribution < 1.29 is 4.74 Å². The summed E-state index contributed by atoms with van der Waals surface area (Å²) >= 11 is 6.04. The Hall–Kier alpha value is -0.840. The van der Waals surface area contributed by atoms with Crippen LogP contribution in [0, 0.1) is 5.41 Å². The van der Waals surface area contributed by atoms with Crippen molar-refractivity contribution in [3.05, 3.63) is 22.8 Å². The molecule has 5 heteroatoms. The number of aromatic nitrogens is 1. The van der Waals surface area contributed by atoms with Gasteiger partial charge in [-0.3, -0.25) is 0 Å². The second-order valence-electron chi connectivity index (χ2n) is 5.69. The van der Waals surface area contributed by atoms with Gasteiger partial charge in [-0.25, -0.2) is 4.98 Å². The van der Waals surface area contributed by atoms with E-state index in [0.29, 0.717) is 10.8 Å². The molecule has 0 amide bonds. The predicted molar refractivity (Wildman–Crippen MR) is 80.3 cm³/mol. The number of ether oxygens (including phenoxy) is 1. The molecule has 19 heavy (non-hydrogen) atoms. The normalized spacial score (nSPS) is 15.3. The Morgan fingerprint density at radius 3 is 2.58 bits per heavy atom. The molecular formula is C14H24ClN3O. The molecule has 1 aromatic heterocycles. The van der Waals surface area contributed by atoms with Gasteiger partial charge in [-0.2, -0.15) is 0 Å². The van der Waals surface area contributed by atoms with Crippen LogP contribution < -0.4 is 11.1 Å². The highest BCUT2D eigenvalue weighted by molar-refractivity contribution is 6.30. The van der Waals surface area contributed by atoms with Crippen LogP contribution in [-0.2, 0) is 4.74 Å². The summed E-state index contributed by atoms with van der Waals surface area (Å²) in [5.41, 5.74) is 6.84. The molecule has 0 aliphatic rings. The topological polar surface area (TPSA) is 60.2 Å². The van der Waals surface area contributed by atoms with Crippen LogP contribution >= 0.6 is 11.6 Å². The molecule has 0 spiro atoms. The van der Waals surface area contributed by atoms with Crippen molar-refractivity contribution in [1.29, 1.82) is 0 Å². The van der Waals surface area contributed by atoms with Crippen LogP contribution in [0.1, 0.15) is 39.3 Å². The summed E-state index contributed by atoms with van der Waals surface area (Å²) in [5.74, 6) is 0.488. The van der Waals surface area contributed by atoms with Crippen molar-refractivity contribution in [2.24, 2.45) is 5.41 Å². The van der Waals surface area contributed by atoms with Gasteiger partial charge in [0.1, 0.15) is 5.82 Å². The average Bonchev–Trinajstić information content (AvgIpc) is 2.30. The lowest BCUT2D eigenvalue weighted by atomic mass is 9.82. The number of hydrogen-bond acceptors (Lipinski definition) is 4. The van der Waals surface area contributed by atoms with Crippen LogP contribution in [0.5, 0.6) is 0 Å². The van der Waals surface area contributed by atoms with Gasteiger partial charge in [0.25, 0.3) is 0 Å². The highest BCUT2D eigenvalue weighted by atomic mass is 35.5. The molecule has 108 valence electrons. The van der Waals surface area contributed by atoms with Gasteiger partial charge in [0, 0.05) is 18.9 Å². The number of anilines is 1. The van der Waals surface area contributed by atoms with E-state index < -0.39 is 0 Å². The summed E-state index contributed by atoms with van der Waals surface area (Å²) in [6, 6.07) is 1.82. The number of methoxy groups -OCH3 is 1. The van der Waals surface area contributed by atoms with E-state index in [-0.39, 0.29) is 17.6 Å². The van der Waals surface area contributed by atoms with Crippen molar-refractivity contribution >= 4 is 17.4 Å². The molecule has 4 nitrogen and oxygen atoms in total. The van der Waals surface area contributed by atoms with Crippen molar-refractivity contribution in [3.8, 4) is 0 Å². The van der Waals surface area contributed by atoms with Gasteiger partial charge in [0.05, 0.1) is 17.2 Å². The number of nitrogens with zero attached hydrogens (tertiary/aromatic N) is 1. The second-order valence-corrected chi connectivity index (χ2v) is 6.12. The number of nitrogens with two attached hydrogens (primary N) is 1. The highest BCUT2D eigenvalue weighted by Crippen LogP contribution is 2.34. The summed E-state index contributed by atoms with van der Waals surface area (Å²) < 4.78 is 5.69. The summed E-state index contributed by atoms with van der Waals surface area (Å²) in [5, 5.41) is 4.00. The van der Waals surface area contributed by atoms with Gasteiger partial charge in [-0.1, -0.05) is 39.3 Å². The van der Waals surface area contributed by atoms with Crippen LogP contribution in [0.2, 0.25) is 5.02 Å². The van der Waals surface area contributed by atoms with Crippen molar-refractivity contribution in [1.82, 2.24) is 10.3 Å². The first kappa shape index (κ1) is 16.2. The molecule has 1 heterocycles. The molecule has 1 rings (SSSR count). The van der Waals surface area contributed by atoms with Crippen LogP contribution in [-0.4, -0.2) is 24.7 Å². The van der Waals surface area contributed by atoms with Crippen LogP contribution in [0.4, 0.5) is 5.82 Å². The van der Waals surface area contributed by atoms with Crippen LogP contribution in [0.3, 0.4) is 0 Å². The Labute approximate surface area is 120 Å². The van der Waals surface area contributed by atoms with Gasteiger partial charge in [-0.15, -0.1) is 0 Å². The number of likely N-dealkylation sites (N-methyl/N-ethyl adjacent to an activating group) is 1. The first-order valence-electron chi connectivity index (χ1n) is 6.48. The van der Waals surface area contributed by atoms with E-state index in [1.807, 2.05) is 6.07 Å². The summed E-state index contributed by atoms with van der Waals surface area (Å²) in [7, 11) is 1.72. The zero-order valence-corrected chi connectivity index (χ0v) is 13.1. The molecule has 0 aromatic carbocycles. The van der Waals surface area contributed by atoms with Gasteiger partial charge in [0.15, 0.2) is 0 Å². The fourth-order valence-corrected chi connectivity index (χ4v) is 2.47.